The summed E-state index contributed by atoms with van der Waals surface area (Å²) in [6.45, 7) is 8.82. The Morgan fingerprint density at radius 1 is 1.14 bits per heavy atom. The van der Waals surface area contributed by atoms with Crippen molar-refractivity contribution in [3.05, 3.63) is 80.9 Å². The third kappa shape index (κ3) is 4.81. The van der Waals surface area contributed by atoms with Crippen LogP contribution in [0.4, 0.5) is 11.5 Å². The van der Waals surface area contributed by atoms with Crippen molar-refractivity contribution in [2.24, 2.45) is 0 Å². The van der Waals surface area contributed by atoms with Gasteiger partial charge in [-0.15, -0.1) is 0 Å². The van der Waals surface area contributed by atoms with E-state index in [-0.39, 0.29) is 11.5 Å². The van der Waals surface area contributed by atoms with E-state index in [1.165, 1.54) is 0 Å². The number of hydrogen-bond acceptors (Lipinski definition) is 7. The lowest BCUT2D eigenvalue weighted by Crippen LogP contribution is -2.28. The molecule has 1 unspecified atom stereocenters. The number of nitrogens with zero attached hydrogens (tertiary/aromatic N) is 3. The maximum Gasteiger partial charge on any atom is 0.196 e. The van der Waals surface area contributed by atoms with Gasteiger partial charge in [0, 0.05) is 48.8 Å². The predicted molar refractivity (Wildman–Crippen MR) is 144 cm³/mol. The maximum atomic E-state index is 13.4. The molecule has 1 saturated heterocycles. The van der Waals surface area contributed by atoms with Gasteiger partial charge in [-0.3, -0.25) is 9.78 Å². The van der Waals surface area contributed by atoms with Crippen molar-refractivity contribution in [3.8, 4) is 11.3 Å². The van der Waals surface area contributed by atoms with E-state index in [0.717, 1.165) is 54.3 Å². The Morgan fingerprint density at radius 2 is 2.00 bits per heavy atom. The van der Waals surface area contributed by atoms with Gasteiger partial charge in [-0.05, 0) is 63.1 Å². The predicted octanol–water partition coefficient (Wildman–Crippen LogP) is 5.92. The van der Waals surface area contributed by atoms with Crippen LogP contribution in [0.5, 0.6) is 0 Å². The zero-order chi connectivity index (χ0) is 25.2. The summed E-state index contributed by atoms with van der Waals surface area (Å²) in [6.07, 6.45) is 4.34. The second-order valence-electron chi connectivity index (χ2n) is 9.18. The molecule has 4 heterocycles. The van der Waals surface area contributed by atoms with Crippen molar-refractivity contribution < 1.29 is 9.15 Å². The number of hydrogen-bond donors (Lipinski definition) is 1. The Kier molecular flexibility index (Phi) is 6.94. The normalized spacial score (nSPS) is 15.1. The fourth-order valence-corrected chi connectivity index (χ4v) is 4.85. The molecule has 1 aliphatic rings. The van der Waals surface area contributed by atoms with Gasteiger partial charge in [0.2, 0.25) is 0 Å². The fraction of sp³-hybridized carbons (Fsp3) is 0.321. The lowest BCUT2D eigenvalue weighted by atomic mass is 9.99. The topological polar surface area (TPSA) is 80.5 Å². The van der Waals surface area contributed by atoms with E-state index in [0.29, 0.717) is 34.1 Å². The molecule has 1 aromatic carbocycles. The van der Waals surface area contributed by atoms with Gasteiger partial charge in [0.05, 0.1) is 23.7 Å². The molecule has 4 aromatic rings. The second-order valence-corrected chi connectivity index (χ2v) is 9.57. The minimum Gasteiger partial charge on any atom is -0.455 e. The van der Waals surface area contributed by atoms with Gasteiger partial charge < -0.3 is 19.4 Å². The highest BCUT2D eigenvalue weighted by atomic mass is 35.5. The summed E-state index contributed by atoms with van der Waals surface area (Å²) in [7, 11) is 0. The van der Waals surface area contributed by atoms with Crippen LogP contribution in [0.15, 0.2) is 58.0 Å². The van der Waals surface area contributed by atoms with Crippen LogP contribution in [-0.2, 0) is 4.74 Å². The number of fused-ring (bicyclic) bond motifs is 1. The zero-order valence-corrected chi connectivity index (χ0v) is 21.4. The van der Waals surface area contributed by atoms with Gasteiger partial charge in [0.25, 0.3) is 0 Å². The lowest BCUT2D eigenvalue weighted by molar-refractivity contribution is 0.152. The molecule has 0 spiro atoms. The number of anilines is 2. The van der Waals surface area contributed by atoms with E-state index in [9.17, 15) is 4.79 Å². The largest absolute Gasteiger partial charge is 0.455 e. The third-order valence-electron chi connectivity index (χ3n) is 6.52. The molecule has 0 bridgehead atoms. The molecular weight excluding hydrogens is 476 g/mol. The number of pyridine rings is 2. The molecule has 36 heavy (non-hydrogen) atoms. The Labute approximate surface area is 215 Å². The molecule has 7 nitrogen and oxygen atoms in total. The molecule has 1 fully saturated rings. The number of benzene rings is 1. The monoisotopic (exact) mass is 504 g/mol. The minimum atomic E-state index is -0.176. The quantitative estimate of drug-likeness (QED) is 0.338. The summed E-state index contributed by atoms with van der Waals surface area (Å²) < 4.78 is 12.1. The van der Waals surface area contributed by atoms with Gasteiger partial charge >= 0.3 is 0 Å². The molecule has 0 radical (unpaired) electrons. The average Bonchev–Trinajstić information content (AvgIpc) is 3.17. The van der Waals surface area contributed by atoms with E-state index in [4.69, 9.17) is 20.8 Å². The van der Waals surface area contributed by atoms with Gasteiger partial charge in [0.15, 0.2) is 11.2 Å². The fourth-order valence-electron chi connectivity index (χ4n) is 4.71. The molecule has 1 N–H and O–H groups in total. The van der Waals surface area contributed by atoms with E-state index >= 15 is 0 Å². The molecule has 3 aromatic heterocycles. The minimum absolute atomic E-state index is 0.0364. The molecule has 0 amide bonds. The lowest BCUT2D eigenvalue weighted by Gasteiger charge is -2.26. The highest BCUT2D eigenvalue weighted by molar-refractivity contribution is 6.29. The molecule has 0 saturated carbocycles. The van der Waals surface area contributed by atoms with Crippen molar-refractivity contribution in [1.82, 2.24) is 9.97 Å². The first-order valence-electron chi connectivity index (χ1n) is 12.2. The number of rotatable bonds is 5. The molecule has 8 heteroatoms. The summed E-state index contributed by atoms with van der Waals surface area (Å²) in [5.74, 6) is 1.33. The Morgan fingerprint density at radius 3 is 2.81 bits per heavy atom. The van der Waals surface area contributed by atoms with Crippen LogP contribution in [0, 0.1) is 13.8 Å². The van der Waals surface area contributed by atoms with Crippen LogP contribution in [0.1, 0.15) is 36.1 Å². The first kappa shape index (κ1) is 24.3. The molecular formula is C28H29ClN4O3. The molecule has 0 aliphatic carbocycles. The number of nitrogens with one attached hydrogen (secondary N) is 1. The highest BCUT2D eigenvalue weighted by Gasteiger charge is 2.21. The van der Waals surface area contributed by atoms with E-state index in [1.54, 1.807) is 25.4 Å². The number of aryl methyl sites for hydroxylation is 1. The van der Waals surface area contributed by atoms with Crippen LogP contribution in [0.3, 0.4) is 0 Å². The third-order valence-corrected chi connectivity index (χ3v) is 6.73. The van der Waals surface area contributed by atoms with Crippen molar-refractivity contribution in [3.63, 3.8) is 0 Å². The van der Waals surface area contributed by atoms with E-state index < -0.39 is 0 Å². The average molecular weight is 505 g/mol. The summed E-state index contributed by atoms with van der Waals surface area (Å²) in [4.78, 5) is 24.4. The van der Waals surface area contributed by atoms with Crippen molar-refractivity contribution >= 4 is 34.1 Å². The van der Waals surface area contributed by atoms with Crippen LogP contribution in [-0.4, -0.2) is 36.3 Å². The molecule has 186 valence electrons. The highest BCUT2D eigenvalue weighted by Crippen LogP contribution is 2.34. The summed E-state index contributed by atoms with van der Waals surface area (Å²) in [6, 6.07) is 11.3. The second kappa shape index (κ2) is 10.3. The van der Waals surface area contributed by atoms with Gasteiger partial charge in [0.1, 0.15) is 16.5 Å². The number of aromatic nitrogens is 2. The van der Waals surface area contributed by atoms with Crippen molar-refractivity contribution in [2.75, 3.05) is 36.5 Å². The van der Waals surface area contributed by atoms with Gasteiger partial charge in [-0.25, -0.2) is 4.98 Å². The Hall–Kier alpha value is -3.42. The maximum absolute atomic E-state index is 13.4. The van der Waals surface area contributed by atoms with Crippen LogP contribution in [0.2, 0.25) is 5.15 Å². The standard InChI is InChI=1S/C28H29ClN4O3/c1-17-14-21(27-22(15-17)25(34)18(2)26(36-27)20-6-4-9-30-16-20)19(3)31-23-7-8-24(29)32-28(23)33-10-5-12-35-13-11-33/h4,6-9,14-16,19,31H,5,10-13H2,1-3H3. The van der Waals surface area contributed by atoms with Gasteiger partial charge in [-0.1, -0.05) is 17.7 Å². The van der Waals surface area contributed by atoms with Crippen LogP contribution in [0.25, 0.3) is 22.3 Å². The van der Waals surface area contributed by atoms with Crippen LogP contribution >= 0.6 is 11.6 Å². The van der Waals surface area contributed by atoms with Crippen LogP contribution < -0.4 is 15.6 Å². The van der Waals surface area contributed by atoms with Crippen molar-refractivity contribution in [1.29, 1.82) is 0 Å². The number of ether oxygens (including phenoxy) is 1. The smallest absolute Gasteiger partial charge is 0.196 e. The zero-order valence-electron chi connectivity index (χ0n) is 20.7. The summed E-state index contributed by atoms with van der Waals surface area (Å²) in [5.41, 5.74) is 4.63. The van der Waals surface area contributed by atoms with Gasteiger partial charge in [-0.2, -0.15) is 0 Å². The first-order valence-corrected chi connectivity index (χ1v) is 12.5. The van der Waals surface area contributed by atoms with E-state index in [1.807, 2.05) is 31.2 Å². The Balaban J connectivity index is 1.59. The summed E-state index contributed by atoms with van der Waals surface area (Å²) >= 11 is 6.29. The Bertz CT molecular complexity index is 1450. The molecule has 1 atom stereocenters. The SMILES string of the molecule is Cc1cc(C(C)Nc2ccc(Cl)nc2N2CCCOCC2)c2oc(-c3cccnc3)c(C)c(=O)c2c1. The van der Waals surface area contributed by atoms with Crippen molar-refractivity contribution in [2.45, 2.75) is 33.2 Å². The first-order chi connectivity index (χ1) is 17.4. The summed E-state index contributed by atoms with van der Waals surface area (Å²) in [5, 5.41) is 4.62. The molecule has 5 rings (SSSR count). The van der Waals surface area contributed by atoms with E-state index in [2.05, 4.69) is 33.2 Å². The number of halogens is 1. The molecule has 1 aliphatic heterocycles.